The van der Waals surface area contributed by atoms with Gasteiger partial charge in [0.15, 0.2) is 5.69 Å². The maximum atomic E-state index is 11.3. The van der Waals surface area contributed by atoms with Crippen LogP contribution in [0.2, 0.25) is 0 Å². The van der Waals surface area contributed by atoms with E-state index in [1.54, 1.807) is 6.07 Å². The Balaban J connectivity index is 1.75. The number of nitrogens with zero attached hydrogens (tertiary/aromatic N) is 1. The Hall–Kier alpha value is -2.56. The van der Waals surface area contributed by atoms with Crippen LogP contribution in [0.4, 0.5) is 0 Å². The molecule has 120 valence electrons. The fraction of sp³-hybridized carbons (Fsp3) is 0.333. The number of carboxylic acids is 1. The van der Waals surface area contributed by atoms with Crippen LogP contribution in [-0.4, -0.2) is 22.2 Å². The van der Waals surface area contributed by atoms with Crippen LogP contribution < -0.4 is 9.47 Å². The fourth-order valence-electron chi connectivity index (χ4n) is 2.68. The third-order valence-corrected chi connectivity index (χ3v) is 3.81. The van der Waals surface area contributed by atoms with Crippen molar-refractivity contribution in [3.63, 3.8) is 0 Å². The zero-order chi connectivity index (χ0) is 16.1. The Labute approximate surface area is 134 Å². The van der Waals surface area contributed by atoms with E-state index in [4.69, 9.17) is 9.47 Å². The van der Waals surface area contributed by atoms with E-state index in [0.29, 0.717) is 17.2 Å². The summed E-state index contributed by atoms with van der Waals surface area (Å²) in [6.45, 7) is 0.201. The van der Waals surface area contributed by atoms with E-state index in [2.05, 4.69) is 4.98 Å². The lowest BCUT2D eigenvalue weighted by molar-refractivity contribution is 0.0688. The van der Waals surface area contributed by atoms with E-state index in [1.807, 2.05) is 30.3 Å². The van der Waals surface area contributed by atoms with Crippen molar-refractivity contribution >= 4 is 5.97 Å². The summed E-state index contributed by atoms with van der Waals surface area (Å²) in [7, 11) is 0. The van der Waals surface area contributed by atoms with Gasteiger partial charge in [0.2, 0.25) is 0 Å². The third kappa shape index (κ3) is 4.22. The molecule has 23 heavy (non-hydrogen) atoms. The van der Waals surface area contributed by atoms with Gasteiger partial charge in [-0.05, 0) is 37.8 Å². The summed E-state index contributed by atoms with van der Waals surface area (Å²) in [6, 6.07) is 12.6. The number of carbonyl (C=O) groups is 1. The average Bonchev–Trinajstić information content (AvgIpc) is 3.06. The zero-order valence-corrected chi connectivity index (χ0v) is 12.8. The van der Waals surface area contributed by atoms with E-state index < -0.39 is 5.97 Å². The summed E-state index contributed by atoms with van der Waals surface area (Å²) in [5.41, 5.74) is 0.522. The van der Waals surface area contributed by atoms with Crippen molar-refractivity contribution in [1.82, 2.24) is 4.98 Å². The minimum atomic E-state index is -1.07. The molecular formula is C18H19NO4. The van der Waals surface area contributed by atoms with Crippen LogP contribution in [0, 0.1) is 0 Å². The van der Waals surface area contributed by atoms with Crippen molar-refractivity contribution in [3.8, 4) is 11.5 Å². The van der Waals surface area contributed by atoms with Gasteiger partial charge in [-0.2, -0.15) is 0 Å². The number of carboxylic acid groups (broad SMARTS) is 1. The Morgan fingerprint density at radius 1 is 1.13 bits per heavy atom. The molecule has 0 atom stereocenters. The van der Waals surface area contributed by atoms with E-state index in [0.717, 1.165) is 25.7 Å². The Kier molecular flexibility index (Phi) is 4.76. The predicted molar refractivity (Wildman–Crippen MR) is 84.9 cm³/mol. The summed E-state index contributed by atoms with van der Waals surface area (Å²) in [5, 5.41) is 9.22. The molecule has 0 spiro atoms. The normalized spacial score (nSPS) is 14.6. The van der Waals surface area contributed by atoms with Crippen LogP contribution in [0.3, 0.4) is 0 Å². The third-order valence-electron chi connectivity index (χ3n) is 3.81. The molecule has 0 aliphatic heterocycles. The SMILES string of the molecule is O=C(O)c1cc(OC2CCCC2)cc(COc2ccccc2)n1. The van der Waals surface area contributed by atoms with Gasteiger partial charge in [-0.15, -0.1) is 0 Å². The molecule has 0 amide bonds. The van der Waals surface area contributed by atoms with Gasteiger partial charge in [0.1, 0.15) is 18.1 Å². The molecule has 2 aromatic rings. The maximum Gasteiger partial charge on any atom is 0.354 e. The first-order valence-electron chi connectivity index (χ1n) is 7.79. The van der Waals surface area contributed by atoms with Gasteiger partial charge in [0.05, 0.1) is 11.8 Å². The summed E-state index contributed by atoms with van der Waals surface area (Å²) >= 11 is 0. The van der Waals surface area contributed by atoms with Crippen molar-refractivity contribution in [1.29, 1.82) is 0 Å². The van der Waals surface area contributed by atoms with Gasteiger partial charge >= 0.3 is 5.97 Å². The van der Waals surface area contributed by atoms with Gasteiger partial charge in [0.25, 0.3) is 0 Å². The van der Waals surface area contributed by atoms with Crippen LogP contribution in [0.25, 0.3) is 0 Å². The van der Waals surface area contributed by atoms with Gasteiger partial charge in [-0.3, -0.25) is 0 Å². The smallest absolute Gasteiger partial charge is 0.354 e. The Morgan fingerprint density at radius 2 is 1.87 bits per heavy atom. The molecule has 3 rings (SSSR count). The van der Waals surface area contributed by atoms with Gasteiger partial charge < -0.3 is 14.6 Å². The number of hydrogen-bond acceptors (Lipinski definition) is 4. The molecule has 1 saturated carbocycles. The first-order valence-corrected chi connectivity index (χ1v) is 7.79. The molecule has 5 nitrogen and oxygen atoms in total. The number of rotatable bonds is 6. The van der Waals surface area contributed by atoms with E-state index in [9.17, 15) is 9.90 Å². The summed E-state index contributed by atoms with van der Waals surface area (Å²) < 4.78 is 11.5. The largest absolute Gasteiger partial charge is 0.490 e. The Bertz CT molecular complexity index is 666. The number of aromatic carboxylic acids is 1. The lowest BCUT2D eigenvalue weighted by atomic mass is 10.2. The molecule has 1 aromatic heterocycles. The highest BCUT2D eigenvalue weighted by molar-refractivity contribution is 5.85. The summed E-state index contributed by atoms with van der Waals surface area (Å²) in [4.78, 5) is 15.4. The van der Waals surface area contributed by atoms with Crippen LogP contribution in [0.5, 0.6) is 11.5 Å². The highest BCUT2D eigenvalue weighted by Gasteiger charge is 2.18. The summed E-state index contributed by atoms with van der Waals surface area (Å²) in [5.74, 6) is 0.201. The van der Waals surface area contributed by atoms with Gasteiger partial charge in [-0.1, -0.05) is 18.2 Å². The number of para-hydroxylation sites is 1. The highest BCUT2D eigenvalue weighted by Crippen LogP contribution is 2.25. The van der Waals surface area contributed by atoms with Crippen molar-refractivity contribution in [2.24, 2.45) is 0 Å². The molecule has 5 heteroatoms. The monoisotopic (exact) mass is 313 g/mol. The predicted octanol–water partition coefficient (Wildman–Crippen LogP) is 3.68. The lowest BCUT2D eigenvalue weighted by Gasteiger charge is -2.14. The first kappa shape index (κ1) is 15.3. The zero-order valence-electron chi connectivity index (χ0n) is 12.8. The first-order chi connectivity index (χ1) is 11.2. The molecule has 0 radical (unpaired) electrons. The van der Waals surface area contributed by atoms with Crippen molar-refractivity contribution in [2.45, 2.75) is 38.4 Å². The second-order valence-corrected chi connectivity index (χ2v) is 5.61. The van der Waals surface area contributed by atoms with E-state index >= 15 is 0 Å². The van der Waals surface area contributed by atoms with E-state index in [-0.39, 0.29) is 18.4 Å². The molecule has 1 N–H and O–H groups in total. The molecule has 1 fully saturated rings. The minimum Gasteiger partial charge on any atom is -0.490 e. The standard InChI is InChI=1S/C18H19NO4/c20-18(21)17-11-16(23-15-8-4-5-9-15)10-13(19-17)12-22-14-6-2-1-3-7-14/h1-3,6-7,10-11,15H,4-5,8-9,12H2,(H,20,21). The minimum absolute atomic E-state index is 0.0211. The van der Waals surface area contributed by atoms with Gasteiger partial charge in [-0.25, -0.2) is 9.78 Å². The molecule has 0 bridgehead atoms. The molecule has 1 heterocycles. The number of pyridine rings is 1. The number of hydrogen-bond donors (Lipinski definition) is 1. The quantitative estimate of drug-likeness (QED) is 0.881. The Morgan fingerprint density at radius 3 is 2.57 bits per heavy atom. The van der Waals surface area contributed by atoms with Crippen LogP contribution >= 0.6 is 0 Å². The average molecular weight is 313 g/mol. The molecule has 0 saturated heterocycles. The van der Waals surface area contributed by atoms with Crippen molar-refractivity contribution in [3.05, 3.63) is 53.9 Å². The second kappa shape index (κ2) is 7.13. The lowest BCUT2D eigenvalue weighted by Crippen LogP contribution is -2.13. The second-order valence-electron chi connectivity index (χ2n) is 5.61. The molecule has 0 unspecified atom stereocenters. The van der Waals surface area contributed by atoms with E-state index in [1.165, 1.54) is 6.07 Å². The highest BCUT2D eigenvalue weighted by atomic mass is 16.5. The summed E-state index contributed by atoms with van der Waals surface area (Å²) in [6.07, 6.45) is 4.51. The van der Waals surface area contributed by atoms with Crippen LogP contribution in [0.1, 0.15) is 41.9 Å². The van der Waals surface area contributed by atoms with Crippen molar-refractivity contribution < 1.29 is 19.4 Å². The fourth-order valence-corrected chi connectivity index (χ4v) is 2.68. The van der Waals surface area contributed by atoms with Crippen LogP contribution in [0.15, 0.2) is 42.5 Å². The topological polar surface area (TPSA) is 68.7 Å². The molecule has 1 aromatic carbocycles. The van der Waals surface area contributed by atoms with Crippen LogP contribution in [-0.2, 0) is 6.61 Å². The number of benzene rings is 1. The molecular weight excluding hydrogens is 294 g/mol. The van der Waals surface area contributed by atoms with Gasteiger partial charge in [0, 0.05) is 12.1 Å². The molecule has 1 aliphatic rings. The number of aromatic nitrogens is 1. The maximum absolute atomic E-state index is 11.3. The number of ether oxygens (including phenoxy) is 2. The molecule has 1 aliphatic carbocycles. The van der Waals surface area contributed by atoms with Crippen molar-refractivity contribution in [2.75, 3.05) is 0 Å².